The van der Waals surface area contributed by atoms with Gasteiger partial charge in [0.25, 0.3) is 0 Å². The van der Waals surface area contributed by atoms with Crippen molar-refractivity contribution in [3.05, 3.63) is 61.2 Å². The topological polar surface area (TPSA) is 58.2 Å². The molecule has 0 aromatic heterocycles. The number of hydrogen-bond acceptors (Lipinski definition) is 2. The Bertz CT molecular complexity index is 444. The van der Waals surface area contributed by atoms with Gasteiger partial charge in [-0.25, -0.2) is 0 Å². The standard InChI is InChI=1S/C14H16N2O2/c1-4-12(17)15-14(3,16-13(18)5-2)11-9-7-6-8-10-11/h4-10H,1-2H2,3H3,(H,15,17)(H,16,18). The van der Waals surface area contributed by atoms with E-state index in [0.717, 1.165) is 17.7 Å². The summed E-state index contributed by atoms with van der Waals surface area (Å²) in [6.45, 7) is 8.49. The number of rotatable bonds is 5. The van der Waals surface area contributed by atoms with Crippen LogP contribution in [0.5, 0.6) is 0 Å². The minimum Gasteiger partial charge on any atom is -0.326 e. The Morgan fingerprint density at radius 1 is 1.06 bits per heavy atom. The van der Waals surface area contributed by atoms with E-state index in [1.54, 1.807) is 6.92 Å². The van der Waals surface area contributed by atoms with E-state index in [-0.39, 0.29) is 11.8 Å². The zero-order chi connectivity index (χ0) is 13.6. The van der Waals surface area contributed by atoms with Crippen molar-refractivity contribution < 1.29 is 9.59 Å². The maximum atomic E-state index is 11.5. The molecular formula is C14H16N2O2. The first-order valence-corrected chi connectivity index (χ1v) is 5.46. The molecule has 0 saturated carbocycles. The van der Waals surface area contributed by atoms with Gasteiger partial charge in [-0.2, -0.15) is 0 Å². The average molecular weight is 244 g/mol. The van der Waals surface area contributed by atoms with Gasteiger partial charge in [-0.1, -0.05) is 43.5 Å². The van der Waals surface area contributed by atoms with Gasteiger partial charge in [0.1, 0.15) is 5.66 Å². The minimum absolute atomic E-state index is 0.370. The van der Waals surface area contributed by atoms with E-state index < -0.39 is 5.66 Å². The maximum absolute atomic E-state index is 11.5. The number of benzene rings is 1. The van der Waals surface area contributed by atoms with Gasteiger partial charge in [0.2, 0.25) is 11.8 Å². The maximum Gasteiger partial charge on any atom is 0.245 e. The number of carbonyl (C=O) groups is 2. The summed E-state index contributed by atoms with van der Waals surface area (Å²) in [5.74, 6) is -0.739. The van der Waals surface area contributed by atoms with Crippen LogP contribution in [0.25, 0.3) is 0 Å². The Morgan fingerprint density at radius 2 is 1.50 bits per heavy atom. The van der Waals surface area contributed by atoms with Crippen LogP contribution in [-0.2, 0) is 15.3 Å². The highest BCUT2D eigenvalue weighted by molar-refractivity contribution is 5.90. The highest BCUT2D eigenvalue weighted by Crippen LogP contribution is 2.17. The van der Waals surface area contributed by atoms with Gasteiger partial charge >= 0.3 is 0 Å². The fourth-order valence-electron chi connectivity index (χ4n) is 1.54. The first-order chi connectivity index (χ1) is 8.51. The van der Waals surface area contributed by atoms with Crippen LogP contribution in [0.3, 0.4) is 0 Å². The molecule has 4 nitrogen and oxygen atoms in total. The summed E-state index contributed by atoms with van der Waals surface area (Å²) in [6.07, 6.45) is 2.31. The third-order valence-electron chi connectivity index (χ3n) is 2.47. The molecule has 0 heterocycles. The van der Waals surface area contributed by atoms with Crippen LogP contribution in [0.15, 0.2) is 55.6 Å². The summed E-state index contributed by atoms with van der Waals surface area (Å²) < 4.78 is 0. The predicted octanol–water partition coefficient (Wildman–Crippen LogP) is 1.46. The van der Waals surface area contributed by atoms with Crippen LogP contribution in [0.1, 0.15) is 12.5 Å². The molecule has 4 heteroatoms. The summed E-state index contributed by atoms with van der Waals surface area (Å²) >= 11 is 0. The van der Waals surface area contributed by atoms with Gasteiger partial charge in [0, 0.05) is 0 Å². The molecule has 1 aromatic carbocycles. The minimum atomic E-state index is -1.00. The second kappa shape index (κ2) is 5.82. The highest BCUT2D eigenvalue weighted by Gasteiger charge is 2.28. The van der Waals surface area contributed by atoms with Crippen molar-refractivity contribution in [1.82, 2.24) is 10.6 Å². The predicted molar refractivity (Wildman–Crippen MR) is 70.5 cm³/mol. The Labute approximate surface area is 106 Å². The smallest absolute Gasteiger partial charge is 0.245 e. The van der Waals surface area contributed by atoms with Crippen molar-refractivity contribution in [2.45, 2.75) is 12.6 Å². The summed E-state index contributed by atoms with van der Waals surface area (Å²) in [6, 6.07) is 9.13. The third kappa shape index (κ3) is 3.31. The molecule has 0 aliphatic heterocycles. The molecule has 0 atom stereocenters. The largest absolute Gasteiger partial charge is 0.326 e. The number of hydrogen-bond donors (Lipinski definition) is 2. The molecule has 0 bridgehead atoms. The van der Waals surface area contributed by atoms with E-state index in [9.17, 15) is 9.59 Å². The van der Waals surface area contributed by atoms with E-state index in [1.807, 2.05) is 30.3 Å². The van der Waals surface area contributed by atoms with E-state index in [2.05, 4.69) is 23.8 Å². The van der Waals surface area contributed by atoms with Gasteiger partial charge in [-0.15, -0.1) is 0 Å². The molecule has 1 aromatic rings. The lowest BCUT2D eigenvalue weighted by molar-refractivity contribution is -0.122. The number of carbonyl (C=O) groups excluding carboxylic acids is 2. The summed E-state index contributed by atoms with van der Waals surface area (Å²) in [5, 5.41) is 5.38. The van der Waals surface area contributed by atoms with Gasteiger partial charge < -0.3 is 10.6 Å². The van der Waals surface area contributed by atoms with E-state index in [1.165, 1.54) is 0 Å². The molecule has 0 radical (unpaired) electrons. The Hall–Kier alpha value is -2.36. The molecule has 94 valence electrons. The molecule has 0 saturated heterocycles. The normalized spacial score (nSPS) is 10.3. The van der Waals surface area contributed by atoms with Gasteiger partial charge in [-0.3, -0.25) is 9.59 Å². The van der Waals surface area contributed by atoms with Crippen molar-refractivity contribution in [3.8, 4) is 0 Å². The Kier molecular flexibility index (Phi) is 4.43. The zero-order valence-corrected chi connectivity index (χ0v) is 10.3. The van der Waals surface area contributed by atoms with Crippen LogP contribution in [0, 0.1) is 0 Å². The van der Waals surface area contributed by atoms with Crippen LogP contribution < -0.4 is 10.6 Å². The lowest BCUT2D eigenvalue weighted by Gasteiger charge is -2.31. The molecule has 0 fully saturated rings. The molecule has 18 heavy (non-hydrogen) atoms. The zero-order valence-electron chi connectivity index (χ0n) is 10.3. The third-order valence-corrected chi connectivity index (χ3v) is 2.47. The summed E-state index contributed by atoms with van der Waals surface area (Å²) in [7, 11) is 0. The van der Waals surface area contributed by atoms with Gasteiger partial charge in [0.05, 0.1) is 0 Å². The molecule has 0 aliphatic carbocycles. The van der Waals surface area contributed by atoms with Crippen molar-refractivity contribution in [2.24, 2.45) is 0 Å². The van der Waals surface area contributed by atoms with E-state index >= 15 is 0 Å². The second-order valence-electron chi connectivity index (χ2n) is 3.88. The van der Waals surface area contributed by atoms with Gasteiger partial charge in [0.15, 0.2) is 0 Å². The highest BCUT2D eigenvalue weighted by atomic mass is 16.2. The lowest BCUT2D eigenvalue weighted by Crippen LogP contribution is -2.55. The lowest BCUT2D eigenvalue weighted by atomic mass is 10.0. The van der Waals surface area contributed by atoms with Crippen LogP contribution in [0.4, 0.5) is 0 Å². The first-order valence-electron chi connectivity index (χ1n) is 5.46. The Balaban J connectivity index is 3.08. The van der Waals surface area contributed by atoms with Crippen molar-refractivity contribution in [3.63, 3.8) is 0 Å². The molecule has 0 unspecified atom stereocenters. The molecule has 2 amide bonds. The monoisotopic (exact) mass is 244 g/mol. The molecular weight excluding hydrogens is 228 g/mol. The fraction of sp³-hybridized carbons (Fsp3) is 0.143. The van der Waals surface area contributed by atoms with Crippen LogP contribution >= 0.6 is 0 Å². The SMILES string of the molecule is C=CC(=O)NC(C)(NC(=O)C=C)c1ccccc1. The fourth-order valence-corrected chi connectivity index (χ4v) is 1.54. The Morgan fingerprint density at radius 3 is 1.89 bits per heavy atom. The molecule has 0 aliphatic rings. The molecule has 2 N–H and O–H groups in total. The summed E-state index contributed by atoms with van der Waals surface area (Å²) in [5.41, 5.74) is -0.243. The first kappa shape index (κ1) is 13.7. The average Bonchev–Trinajstić information content (AvgIpc) is 2.39. The van der Waals surface area contributed by atoms with Crippen LogP contribution in [0.2, 0.25) is 0 Å². The quantitative estimate of drug-likeness (QED) is 0.608. The van der Waals surface area contributed by atoms with Crippen molar-refractivity contribution in [2.75, 3.05) is 0 Å². The number of nitrogens with one attached hydrogen (secondary N) is 2. The molecule has 0 spiro atoms. The van der Waals surface area contributed by atoms with Crippen molar-refractivity contribution >= 4 is 11.8 Å². The van der Waals surface area contributed by atoms with Gasteiger partial charge in [-0.05, 0) is 24.6 Å². The summed E-state index contributed by atoms with van der Waals surface area (Å²) in [4.78, 5) is 22.9. The number of amides is 2. The van der Waals surface area contributed by atoms with Crippen LogP contribution in [-0.4, -0.2) is 11.8 Å². The second-order valence-corrected chi connectivity index (χ2v) is 3.88. The molecule has 1 rings (SSSR count). The van der Waals surface area contributed by atoms with E-state index in [4.69, 9.17) is 0 Å². The van der Waals surface area contributed by atoms with Crippen molar-refractivity contribution in [1.29, 1.82) is 0 Å². The van der Waals surface area contributed by atoms with E-state index in [0.29, 0.717) is 0 Å².